The van der Waals surface area contributed by atoms with Crippen LogP contribution in [0.1, 0.15) is 26.3 Å². The standard InChI is InChI=1S/C20H34N4O4S/c1-14-10-23(15(9-22-14)12-28-5)11-19(25)24-13-20(2,3)17-7-6-16(8-18(17)24)29(26,27)21-4/h6-8,14-15,19,21-22,25H,9-13H2,1-5H3/t14-,15-,19?/m1/s1. The molecule has 29 heavy (non-hydrogen) atoms. The Morgan fingerprint density at radius 2 is 2.14 bits per heavy atom. The van der Waals surface area contributed by atoms with E-state index >= 15 is 0 Å². The monoisotopic (exact) mass is 426 g/mol. The first-order valence-electron chi connectivity index (χ1n) is 10.1. The van der Waals surface area contributed by atoms with Gasteiger partial charge in [-0.1, -0.05) is 19.9 Å². The summed E-state index contributed by atoms with van der Waals surface area (Å²) in [6.45, 7) is 9.70. The number of hydrogen-bond acceptors (Lipinski definition) is 7. The maximum Gasteiger partial charge on any atom is 0.240 e. The molecule has 1 saturated heterocycles. The van der Waals surface area contributed by atoms with Crippen LogP contribution in [0.2, 0.25) is 0 Å². The van der Waals surface area contributed by atoms with Gasteiger partial charge in [-0.25, -0.2) is 13.1 Å². The van der Waals surface area contributed by atoms with Crippen LogP contribution in [-0.4, -0.2) is 83.7 Å². The Morgan fingerprint density at radius 3 is 2.79 bits per heavy atom. The quantitative estimate of drug-likeness (QED) is 0.578. The van der Waals surface area contributed by atoms with Crippen molar-refractivity contribution < 1.29 is 18.3 Å². The molecule has 0 amide bonds. The molecule has 0 bridgehead atoms. The SMILES string of the molecule is CNS(=O)(=O)c1ccc2c(c1)N(C(O)CN1C[C@@H](C)NC[C@@H]1COC)CC2(C)C. The number of nitrogens with zero attached hydrogens (tertiary/aromatic N) is 2. The number of hydrogen-bond donors (Lipinski definition) is 3. The first-order chi connectivity index (χ1) is 13.6. The molecule has 9 heteroatoms. The van der Waals surface area contributed by atoms with Crippen molar-refractivity contribution in [1.82, 2.24) is 14.9 Å². The lowest BCUT2D eigenvalue weighted by molar-refractivity contribution is 0.0253. The highest BCUT2D eigenvalue weighted by molar-refractivity contribution is 7.89. The highest BCUT2D eigenvalue weighted by Gasteiger charge is 2.39. The van der Waals surface area contributed by atoms with Crippen LogP contribution in [0.15, 0.2) is 23.1 Å². The van der Waals surface area contributed by atoms with Crippen molar-refractivity contribution in [1.29, 1.82) is 0 Å². The normalized spacial score (nSPS) is 25.8. The zero-order valence-electron chi connectivity index (χ0n) is 18.0. The van der Waals surface area contributed by atoms with Gasteiger partial charge >= 0.3 is 0 Å². The topological polar surface area (TPSA) is 94.1 Å². The Labute approximate surface area is 174 Å². The Morgan fingerprint density at radius 1 is 1.41 bits per heavy atom. The number of piperazine rings is 1. The van der Waals surface area contributed by atoms with Crippen LogP contribution in [-0.2, 0) is 20.2 Å². The third kappa shape index (κ3) is 4.60. The molecule has 164 valence electrons. The summed E-state index contributed by atoms with van der Waals surface area (Å²) in [4.78, 5) is 4.40. The molecule has 3 rings (SSSR count). The smallest absolute Gasteiger partial charge is 0.240 e. The van der Waals surface area contributed by atoms with E-state index in [-0.39, 0.29) is 16.4 Å². The van der Waals surface area contributed by atoms with Gasteiger partial charge in [-0.15, -0.1) is 0 Å². The summed E-state index contributed by atoms with van der Waals surface area (Å²) in [6.07, 6.45) is -0.743. The van der Waals surface area contributed by atoms with Crippen LogP contribution in [0.25, 0.3) is 0 Å². The van der Waals surface area contributed by atoms with Gasteiger partial charge in [-0.2, -0.15) is 0 Å². The van der Waals surface area contributed by atoms with E-state index in [0.717, 1.165) is 24.3 Å². The molecule has 1 unspecified atom stereocenters. The van der Waals surface area contributed by atoms with Crippen molar-refractivity contribution in [3.63, 3.8) is 0 Å². The van der Waals surface area contributed by atoms with E-state index in [1.165, 1.54) is 7.05 Å². The van der Waals surface area contributed by atoms with Crippen molar-refractivity contribution >= 4 is 15.7 Å². The Kier molecular flexibility index (Phi) is 6.57. The third-order valence-electron chi connectivity index (χ3n) is 6.00. The van der Waals surface area contributed by atoms with Crippen molar-refractivity contribution in [2.75, 3.05) is 51.8 Å². The number of fused-ring (bicyclic) bond motifs is 1. The van der Waals surface area contributed by atoms with Crippen molar-refractivity contribution in [3.8, 4) is 0 Å². The fourth-order valence-electron chi connectivity index (χ4n) is 4.39. The van der Waals surface area contributed by atoms with Crippen LogP contribution in [0, 0.1) is 0 Å². The Bertz CT molecular complexity index is 830. The minimum absolute atomic E-state index is 0.180. The molecule has 0 aromatic heterocycles. The molecule has 1 fully saturated rings. The number of rotatable bonds is 7. The average molecular weight is 427 g/mol. The molecule has 0 radical (unpaired) electrons. The van der Waals surface area contributed by atoms with E-state index in [1.807, 2.05) is 11.0 Å². The molecule has 2 aliphatic rings. The lowest BCUT2D eigenvalue weighted by Crippen LogP contribution is -2.60. The van der Waals surface area contributed by atoms with E-state index in [9.17, 15) is 13.5 Å². The molecule has 3 N–H and O–H groups in total. The van der Waals surface area contributed by atoms with Crippen LogP contribution >= 0.6 is 0 Å². The zero-order valence-corrected chi connectivity index (χ0v) is 18.8. The minimum Gasteiger partial charge on any atom is -0.383 e. The van der Waals surface area contributed by atoms with Gasteiger partial charge in [-0.3, -0.25) is 4.90 Å². The molecular formula is C20H34N4O4S. The molecule has 0 saturated carbocycles. The number of benzene rings is 1. The summed E-state index contributed by atoms with van der Waals surface area (Å²) in [6, 6.07) is 5.70. The number of β-amino-alcohol motifs (C(OH)–C–C–N with tert-alkyl or cyclic N) is 1. The fraction of sp³-hybridized carbons (Fsp3) is 0.700. The summed E-state index contributed by atoms with van der Waals surface area (Å²) >= 11 is 0. The summed E-state index contributed by atoms with van der Waals surface area (Å²) in [5.41, 5.74) is 1.65. The van der Waals surface area contributed by atoms with E-state index in [4.69, 9.17) is 4.74 Å². The number of nitrogens with one attached hydrogen (secondary N) is 2. The van der Waals surface area contributed by atoms with Crippen LogP contribution in [0.5, 0.6) is 0 Å². The Hall–Kier alpha value is -1.23. The van der Waals surface area contributed by atoms with Crippen molar-refractivity contribution in [3.05, 3.63) is 23.8 Å². The summed E-state index contributed by atoms with van der Waals surface area (Å²) < 4.78 is 32.3. The third-order valence-corrected chi connectivity index (χ3v) is 7.41. The maximum absolute atomic E-state index is 12.3. The summed E-state index contributed by atoms with van der Waals surface area (Å²) in [5.74, 6) is 0. The predicted molar refractivity (Wildman–Crippen MR) is 114 cm³/mol. The number of aliphatic hydroxyl groups excluding tert-OH is 1. The van der Waals surface area contributed by atoms with E-state index in [0.29, 0.717) is 25.7 Å². The number of ether oxygens (including phenoxy) is 1. The van der Waals surface area contributed by atoms with Crippen LogP contribution in [0.3, 0.4) is 0 Å². The summed E-state index contributed by atoms with van der Waals surface area (Å²) in [7, 11) is -0.457. The van der Waals surface area contributed by atoms with Crippen molar-refractivity contribution in [2.45, 2.75) is 49.4 Å². The Balaban J connectivity index is 1.87. The molecule has 3 atom stereocenters. The largest absolute Gasteiger partial charge is 0.383 e. The molecule has 1 aromatic carbocycles. The van der Waals surface area contributed by atoms with Gasteiger partial charge in [0.25, 0.3) is 0 Å². The first kappa shape index (κ1) is 22.5. The predicted octanol–water partition coefficient (Wildman–Crippen LogP) is 0.319. The van der Waals surface area contributed by atoms with Crippen LogP contribution in [0.4, 0.5) is 5.69 Å². The molecule has 1 aromatic rings. The second kappa shape index (κ2) is 8.49. The molecule has 8 nitrogen and oxygen atoms in total. The fourth-order valence-corrected chi connectivity index (χ4v) is 5.14. The number of anilines is 1. The van der Waals surface area contributed by atoms with Crippen molar-refractivity contribution in [2.24, 2.45) is 0 Å². The van der Waals surface area contributed by atoms with Gasteiger partial charge in [0, 0.05) is 56.5 Å². The molecule has 2 aliphatic heterocycles. The van der Waals surface area contributed by atoms with E-state index < -0.39 is 16.3 Å². The first-order valence-corrected chi connectivity index (χ1v) is 11.6. The van der Waals surface area contributed by atoms with Gasteiger partial charge in [0.05, 0.1) is 11.5 Å². The van der Waals surface area contributed by atoms with Gasteiger partial charge in [-0.05, 0) is 31.7 Å². The summed E-state index contributed by atoms with van der Waals surface area (Å²) in [5, 5.41) is 14.6. The van der Waals surface area contributed by atoms with Gasteiger partial charge < -0.3 is 20.1 Å². The molecule has 2 heterocycles. The second-order valence-electron chi connectivity index (χ2n) is 8.75. The molecule has 0 aliphatic carbocycles. The highest BCUT2D eigenvalue weighted by atomic mass is 32.2. The van der Waals surface area contributed by atoms with Gasteiger partial charge in [0.1, 0.15) is 6.23 Å². The minimum atomic E-state index is -3.55. The maximum atomic E-state index is 12.3. The lowest BCUT2D eigenvalue weighted by atomic mass is 9.87. The highest BCUT2D eigenvalue weighted by Crippen LogP contribution is 2.42. The van der Waals surface area contributed by atoms with Gasteiger partial charge in [0.15, 0.2) is 0 Å². The van der Waals surface area contributed by atoms with Gasteiger partial charge in [0.2, 0.25) is 10.0 Å². The average Bonchev–Trinajstić information content (AvgIpc) is 2.95. The number of aliphatic hydroxyl groups is 1. The lowest BCUT2D eigenvalue weighted by Gasteiger charge is -2.41. The van der Waals surface area contributed by atoms with E-state index in [1.54, 1.807) is 19.2 Å². The van der Waals surface area contributed by atoms with Crippen LogP contribution < -0.4 is 14.9 Å². The number of methoxy groups -OCH3 is 1. The zero-order chi connectivity index (χ0) is 21.4. The molecular weight excluding hydrogens is 392 g/mol. The second-order valence-corrected chi connectivity index (χ2v) is 10.6. The number of sulfonamides is 1. The van der Waals surface area contributed by atoms with E-state index in [2.05, 4.69) is 35.7 Å². The molecule has 0 spiro atoms.